The topological polar surface area (TPSA) is 60.3 Å². The van der Waals surface area contributed by atoms with E-state index in [1.165, 1.54) is 0 Å². The number of carbonyl (C=O) groups excluding carboxylic acids is 1. The van der Waals surface area contributed by atoms with Gasteiger partial charge in [0.1, 0.15) is 11.3 Å². The fourth-order valence-electron chi connectivity index (χ4n) is 3.64. The molecule has 4 rings (SSSR count). The molecule has 138 valence electrons. The first-order valence-corrected chi connectivity index (χ1v) is 9.55. The maximum Gasteiger partial charge on any atom is 0.257 e. The van der Waals surface area contributed by atoms with Crippen LogP contribution >= 0.6 is 15.9 Å². The van der Waals surface area contributed by atoms with E-state index in [1.807, 2.05) is 34.9 Å². The van der Waals surface area contributed by atoms with Gasteiger partial charge in [-0.25, -0.2) is 0 Å². The zero-order valence-electron chi connectivity index (χ0n) is 15.1. The molecular formula is C21H19BrN2O3. The van der Waals surface area contributed by atoms with E-state index in [2.05, 4.69) is 28.2 Å². The quantitative estimate of drug-likeness (QED) is 0.689. The van der Waals surface area contributed by atoms with Gasteiger partial charge in [0, 0.05) is 28.6 Å². The second kappa shape index (κ2) is 6.85. The van der Waals surface area contributed by atoms with Crippen LogP contribution in [0.5, 0.6) is 5.75 Å². The predicted octanol–water partition coefficient (Wildman–Crippen LogP) is 3.82. The first-order valence-electron chi connectivity index (χ1n) is 8.76. The van der Waals surface area contributed by atoms with Crippen LogP contribution in [0.1, 0.15) is 34.5 Å². The average Bonchev–Trinajstić information content (AvgIpc) is 2.98. The number of carbonyl (C=O) groups is 1. The van der Waals surface area contributed by atoms with Crippen molar-refractivity contribution in [1.29, 1.82) is 0 Å². The summed E-state index contributed by atoms with van der Waals surface area (Å²) >= 11 is 3.48. The van der Waals surface area contributed by atoms with Crippen LogP contribution in [0.25, 0.3) is 10.9 Å². The van der Waals surface area contributed by atoms with Gasteiger partial charge < -0.3 is 14.6 Å². The van der Waals surface area contributed by atoms with Crippen LogP contribution in [0.15, 0.2) is 51.9 Å². The predicted molar refractivity (Wildman–Crippen MR) is 108 cm³/mol. The van der Waals surface area contributed by atoms with Crippen molar-refractivity contribution in [2.75, 3.05) is 7.11 Å². The number of nitrogens with one attached hydrogen (secondary N) is 1. The molecule has 0 bridgehead atoms. The Labute approximate surface area is 165 Å². The summed E-state index contributed by atoms with van der Waals surface area (Å²) in [5.74, 6) is 0.401. The van der Waals surface area contributed by atoms with Gasteiger partial charge in [0.05, 0.1) is 12.6 Å². The third kappa shape index (κ3) is 3.14. The SMILES string of the molecule is COc1ccc(CNC(=O)c2cn3c4c(cc(Br)cc4c2=O)C[C@@H]3C)cc1. The van der Waals surface area contributed by atoms with Gasteiger partial charge in [-0.2, -0.15) is 0 Å². The summed E-state index contributed by atoms with van der Waals surface area (Å²) < 4.78 is 8.04. The van der Waals surface area contributed by atoms with E-state index in [4.69, 9.17) is 4.74 Å². The van der Waals surface area contributed by atoms with E-state index in [0.29, 0.717) is 11.9 Å². The van der Waals surface area contributed by atoms with Crippen molar-refractivity contribution in [3.8, 4) is 5.75 Å². The molecule has 1 atom stereocenters. The zero-order valence-corrected chi connectivity index (χ0v) is 16.7. The number of pyridine rings is 1. The number of ether oxygens (including phenoxy) is 1. The van der Waals surface area contributed by atoms with Crippen molar-refractivity contribution in [3.05, 3.63) is 74.0 Å². The normalized spacial score (nSPS) is 15.1. The number of benzene rings is 2. The molecule has 0 spiro atoms. The lowest BCUT2D eigenvalue weighted by Gasteiger charge is -2.13. The van der Waals surface area contributed by atoms with Gasteiger partial charge in [-0.1, -0.05) is 28.1 Å². The average molecular weight is 427 g/mol. The Kier molecular flexibility index (Phi) is 4.52. The van der Waals surface area contributed by atoms with Crippen LogP contribution in [0.3, 0.4) is 0 Å². The highest BCUT2D eigenvalue weighted by Gasteiger charge is 2.25. The Morgan fingerprint density at radius 2 is 2.04 bits per heavy atom. The number of aromatic nitrogens is 1. The molecule has 2 heterocycles. The lowest BCUT2D eigenvalue weighted by Crippen LogP contribution is -2.29. The van der Waals surface area contributed by atoms with Crippen LogP contribution in [0.2, 0.25) is 0 Å². The van der Waals surface area contributed by atoms with E-state index >= 15 is 0 Å². The van der Waals surface area contributed by atoms with Gasteiger partial charge in [0.2, 0.25) is 5.43 Å². The molecule has 0 fully saturated rings. The number of rotatable bonds is 4. The highest BCUT2D eigenvalue weighted by Crippen LogP contribution is 2.33. The lowest BCUT2D eigenvalue weighted by molar-refractivity contribution is 0.0949. The molecule has 1 aliphatic rings. The van der Waals surface area contributed by atoms with Crippen LogP contribution in [-0.4, -0.2) is 17.6 Å². The molecular weight excluding hydrogens is 408 g/mol. The third-order valence-corrected chi connectivity index (χ3v) is 5.47. The maximum absolute atomic E-state index is 12.9. The Morgan fingerprint density at radius 1 is 1.30 bits per heavy atom. The molecule has 0 saturated carbocycles. The number of hydrogen-bond donors (Lipinski definition) is 1. The standard InChI is InChI=1S/C21H19BrN2O3/c1-12-7-14-8-15(22)9-17-19(14)24(12)11-18(20(17)25)21(26)23-10-13-3-5-16(27-2)6-4-13/h3-6,8-9,11-12H,7,10H2,1-2H3,(H,23,26)/t12-/m0/s1. The summed E-state index contributed by atoms with van der Waals surface area (Å²) in [5.41, 5.74) is 2.95. The molecule has 5 nitrogen and oxygen atoms in total. The first-order chi connectivity index (χ1) is 13.0. The van der Waals surface area contributed by atoms with Crippen molar-refractivity contribution < 1.29 is 9.53 Å². The summed E-state index contributed by atoms with van der Waals surface area (Å²) in [6, 6.07) is 11.5. The molecule has 2 aromatic carbocycles. The molecule has 0 unspecified atom stereocenters. The summed E-state index contributed by atoms with van der Waals surface area (Å²) in [4.78, 5) is 25.7. The minimum atomic E-state index is -0.359. The molecule has 1 aromatic heterocycles. The van der Waals surface area contributed by atoms with Gasteiger partial charge in [-0.3, -0.25) is 9.59 Å². The van der Waals surface area contributed by atoms with E-state index in [9.17, 15) is 9.59 Å². The van der Waals surface area contributed by atoms with Crippen molar-refractivity contribution in [2.45, 2.75) is 25.9 Å². The third-order valence-electron chi connectivity index (χ3n) is 5.02. The molecule has 0 saturated heterocycles. The second-order valence-electron chi connectivity index (χ2n) is 6.82. The molecule has 0 radical (unpaired) electrons. The molecule has 6 heteroatoms. The highest BCUT2D eigenvalue weighted by atomic mass is 79.9. The minimum absolute atomic E-state index is 0.175. The highest BCUT2D eigenvalue weighted by molar-refractivity contribution is 9.10. The van der Waals surface area contributed by atoms with Crippen LogP contribution in [0.4, 0.5) is 0 Å². The Hall–Kier alpha value is -2.60. The van der Waals surface area contributed by atoms with Crippen molar-refractivity contribution >= 4 is 32.7 Å². The minimum Gasteiger partial charge on any atom is -0.497 e. The fourth-order valence-corrected chi connectivity index (χ4v) is 4.15. The Morgan fingerprint density at radius 3 is 2.74 bits per heavy atom. The summed E-state index contributed by atoms with van der Waals surface area (Å²) in [6.07, 6.45) is 2.55. The second-order valence-corrected chi connectivity index (χ2v) is 7.74. The molecule has 1 amide bonds. The zero-order chi connectivity index (χ0) is 19.1. The fraction of sp³-hybridized carbons (Fsp3) is 0.238. The number of nitrogens with zero attached hydrogens (tertiary/aromatic N) is 1. The van der Waals surface area contributed by atoms with Gasteiger partial charge in [0.15, 0.2) is 0 Å². The Bertz CT molecular complexity index is 1100. The molecule has 3 aromatic rings. The number of amides is 1. The van der Waals surface area contributed by atoms with E-state index < -0.39 is 0 Å². The van der Waals surface area contributed by atoms with Gasteiger partial charge in [-0.05, 0) is 48.7 Å². The van der Waals surface area contributed by atoms with Gasteiger partial charge in [0.25, 0.3) is 5.91 Å². The molecule has 0 aliphatic carbocycles. The monoisotopic (exact) mass is 426 g/mol. The van der Waals surface area contributed by atoms with E-state index in [-0.39, 0.29) is 22.9 Å². The van der Waals surface area contributed by atoms with Crippen LogP contribution in [0, 0.1) is 0 Å². The maximum atomic E-state index is 12.9. The summed E-state index contributed by atoms with van der Waals surface area (Å²) in [5, 5.41) is 3.44. The van der Waals surface area contributed by atoms with E-state index in [0.717, 1.165) is 33.3 Å². The van der Waals surface area contributed by atoms with Gasteiger partial charge >= 0.3 is 0 Å². The lowest BCUT2D eigenvalue weighted by atomic mass is 10.1. The number of halogens is 1. The summed E-state index contributed by atoms with van der Waals surface area (Å²) in [7, 11) is 1.61. The smallest absolute Gasteiger partial charge is 0.257 e. The largest absolute Gasteiger partial charge is 0.497 e. The number of hydrogen-bond acceptors (Lipinski definition) is 3. The van der Waals surface area contributed by atoms with E-state index in [1.54, 1.807) is 19.4 Å². The summed E-state index contributed by atoms with van der Waals surface area (Å²) in [6.45, 7) is 2.44. The van der Waals surface area contributed by atoms with Gasteiger partial charge in [-0.15, -0.1) is 0 Å². The van der Waals surface area contributed by atoms with Crippen LogP contribution < -0.4 is 15.5 Å². The van der Waals surface area contributed by atoms with Crippen molar-refractivity contribution in [3.63, 3.8) is 0 Å². The van der Waals surface area contributed by atoms with Crippen molar-refractivity contribution in [1.82, 2.24) is 9.88 Å². The first kappa shape index (κ1) is 17.8. The number of methoxy groups -OCH3 is 1. The van der Waals surface area contributed by atoms with Crippen molar-refractivity contribution in [2.24, 2.45) is 0 Å². The molecule has 1 N–H and O–H groups in total. The van der Waals surface area contributed by atoms with Crippen LogP contribution in [-0.2, 0) is 13.0 Å². The molecule has 1 aliphatic heterocycles. The Balaban J connectivity index is 1.66. The molecule has 27 heavy (non-hydrogen) atoms.